The first-order chi connectivity index (χ1) is 10.6. The number of esters is 1. The van der Waals surface area contributed by atoms with Crippen LogP contribution in [0.3, 0.4) is 0 Å². The van der Waals surface area contributed by atoms with Crippen LogP contribution < -0.4 is 5.56 Å². The molecule has 0 atom stereocenters. The summed E-state index contributed by atoms with van der Waals surface area (Å²) in [5.41, 5.74) is 0.797. The van der Waals surface area contributed by atoms with Crippen molar-refractivity contribution >= 4 is 23.3 Å². The van der Waals surface area contributed by atoms with Crippen LogP contribution in [0.1, 0.15) is 17.5 Å². The summed E-state index contributed by atoms with van der Waals surface area (Å²) < 4.78 is 5.92. The van der Waals surface area contributed by atoms with Crippen molar-refractivity contribution in [1.29, 1.82) is 0 Å². The molecule has 2 aromatic heterocycles. The molecular formula is C14H11ClN4O3. The maximum absolute atomic E-state index is 12.1. The molecule has 0 bridgehead atoms. The van der Waals surface area contributed by atoms with Crippen LogP contribution in [0.5, 0.6) is 0 Å². The van der Waals surface area contributed by atoms with Crippen LogP contribution in [-0.4, -0.2) is 32.2 Å². The SMILES string of the molecule is CCOC(=O)c1nc2nc(-c3ccc(Cl)cc3)cc(=O)n2[nH]1. The van der Waals surface area contributed by atoms with Crippen molar-refractivity contribution in [2.45, 2.75) is 6.92 Å². The van der Waals surface area contributed by atoms with Crippen molar-refractivity contribution in [2.75, 3.05) is 6.61 Å². The van der Waals surface area contributed by atoms with E-state index >= 15 is 0 Å². The van der Waals surface area contributed by atoms with Gasteiger partial charge in [0.1, 0.15) is 0 Å². The molecule has 112 valence electrons. The molecule has 7 nitrogen and oxygen atoms in total. The number of halogens is 1. The fraction of sp³-hybridized carbons (Fsp3) is 0.143. The van der Waals surface area contributed by atoms with Gasteiger partial charge in [0.05, 0.1) is 12.3 Å². The second-order valence-electron chi connectivity index (χ2n) is 4.41. The van der Waals surface area contributed by atoms with E-state index in [1.165, 1.54) is 6.07 Å². The van der Waals surface area contributed by atoms with Gasteiger partial charge in [-0.25, -0.2) is 9.78 Å². The summed E-state index contributed by atoms with van der Waals surface area (Å²) in [7, 11) is 0. The number of aromatic amines is 1. The van der Waals surface area contributed by atoms with E-state index < -0.39 is 5.97 Å². The highest BCUT2D eigenvalue weighted by molar-refractivity contribution is 6.30. The van der Waals surface area contributed by atoms with E-state index in [-0.39, 0.29) is 23.8 Å². The Hall–Kier alpha value is -2.67. The van der Waals surface area contributed by atoms with E-state index in [1.807, 2.05) is 0 Å². The molecule has 22 heavy (non-hydrogen) atoms. The number of hydrogen-bond donors (Lipinski definition) is 1. The summed E-state index contributed by atoms with van der Waals surface area (Å²) in [4.78, 5) is 32.0. The van der Waals surface area contributed by atoms with Crippen LogP contribution in [0.15, 0.2) is 35.1 Å². The highest BCUT2D eigenvalue weighted by atomic mass is 35.5. The molecule has 0 fully saturated rings. The van der Waals surface area contributed by atoms with E-state index in [0.717, 1.165) is 10.1 Å². The van der Waals surface area contributed by atoms with Crippen molar-refractivity contribution in [3.63, 3.8) is 0 Å². The highest BCUT2D eigenvalue weighted by Crippen LogP contribution is 2.18. The summed E-state index contributed by atoms with van der Waals surface area (Å²) in [6, 6.07) is 8.26. The average Bonchev–Trinajstić information content (AvgIpc) is 2.93. The third-order valence-electron chi connectivity index (χ3n) is 2.94. The van der Waals surface area contributed by atoms with E-state index in [0.29, 0.717) is 10.7 Å². The molecule has 0 aliphatic heterocycles. The van der Waals surface area contributed by atoms with Crippen molar-refractivity contribution < 1.29 is 9.53 Å². The summed E-state index contributed by atoms with van der Waals surface area (Å²) in [5, 5.41) is 3.16. The van der Waals surface area contributed by atoms with E-state index in [4.69, 9.17) is 16.3 Å². The zero-order valence-corrected chi connectivity index (χ0v) is 12.3. The predicted octanol–water partition coefficient (Wildman–Crippen LogP) is 1.91. The topological polar surface area (TPSA) is 89.3 Å². The Kier molecular flexibility index (Phi) is 3.64. The summed E-state index contributed by atoms with van der Waals surface area (Å²) in [6.07, 6.45) is 0. The number of fused-ring (bicyclic) bond motifs is 1. The monoisotopic (exact) mass is 318 g/mol. The molecule has 1 N–H and O–H groups in total. The Morgan fingerprint density at radius 2 is 2.05 bits per heavy atom. The molecule has 0 amide bonds. The normalized spacial score (nSPS) is 10.8. The van der Waals surface area contributed by atoms with Crippen LogP contribution in [0.2, 0.25) is 5.02 Å². The number of rotatable bonds is 3. The summed E-state index contributed by atoms with van der Waals surface area (Å²) >= 11 is 5.84. The second-order valence-corrected chi connectivity index (χ2v) is 4.85. The molecule has 8 heteroatoms. The molecule has 0 aliphatic rings. The van der Waals surface area contributed by atoms with Crippen molar-refractivity contribution in [3.05, 3.63) is 51.5 Å². The Morgan fingerprint density at radius 1 is 1.32 bits per heavy atom. The number of hydrogen-bond acceptors (Lipinski definition) is 5. The molecule has 2 heterocycles. The number of nitrogens with zero attached hydrogens (tertiary/aromatic N) is 3. The van der Waals surface area contributed by atoms with Crippen LogP contribution in [0, 0.1) is 0 Å². The molecule has 0 spiro atoms. The highest BCUT2D eigenvalue weighted by Gasteiger charge is 2.15. The minimum Gasteiger partial charge on any atom is -0.460 e. The van der Waals surface area contributed by atoms with Crippen molar-refractivity contribution in [1.82, 2.24) is 19.6 Å². The number of benzene rings is 1. The second kappa shape index (κ2) is 5.61. The van der Waals surface area contributed by atoms with Gasteiger partial charge in [0, 0.05) is 16.7 Å². The quantitative estimate of drug-likeness (QED) is 0.745. The molecule has 0 aliphatic carbocycles. The Balaban J connectivity index is 2.10. The summed E-state index contributed by atoms with van der Waals surface area (Å²) in [6.45, 7) is 1.90. The third-order valence-corrected chi connectivity index (χ3v) is 3.19. The van der Waals surface area contributed by atoms with Gasteiger partial charge in [0.25, 0.3) is 11.3 Å². The molecule has 0 unspecified atom stereocenters. The van der Waals surface area contributed by atoms with Crippen LogP contribution in [0.4, 0.5) is 0 Å². The van der Waals surface area contributed by atoms with Gasteiger partial charge in [-0.1, -0.05) is 23.7 Å². The van der Waals surface area contributed by atoms with E-state index in [2.05, 4.69) is 15.1 Å². The number of H-pyrrole nitrogens is 1. The molecule has 1 aromatic carbocycles. The molecule has 3 aromatic rings. The lowest BCUT2D eigenvalue weighted by atomic mass is 10.1. The van der Waals surface area contributed by atoms with E-state index in [9.17, 15) is 9.59 Å². The standard InChI is InChI=1S/C14H11ClN4O3/c1-2-22-13(21)12-17-14-16-10(7-11(20)19(14)18-12)8-3-5-9(15)6-4-8/h3-7H,2H2,1H3,(H,16,17,18). The van der Waals surface area contributed by atoms with Crippen molar-refractivity contribution in [2.24, 2.45) is 0 Å². The number of carbonyl (C=O) groups excluding carboxylic acids is 1. The molecular weight excluding hydrogens is 308 g/mol. The zero-order valence-electron chi connectivity index (χ0n) is 11.5. The Labute approximate surface area is 129 Å². The lowest BCUT2D eigenvalue weighted by Gasteiger charge is -2.00. The Bertz CT molecular complexity index is 899. The molecule has 3 rings (SSSR count). The zero-order chi connectivity index (χ0) is 15.7. The van der Waals surface area contributed by atoms with E-state index in [1.54, 1.807) is 31.2 Å². The van der Waals surface area contributed by atoms with Gasteiger partial charge < -0.3 is 4.74 Å². The predicted molar refractivity (Wildman–Crippen MR) is 80.0 cm³/mol. The van der Waals surface area contributed by atoms with Gasteiger partial charge in [0.2, 0.25) is 5.82 Å². The number of ether oxygens (including phenoxy) is 1. The van der Waals surface area contributed by atoms with Crippen LogP contribution >= 0.6 is 11.6 Å². The van der Waals surface area contributed by atoms with Gasteiger partial charge >= 0.3 is 5.97 Å². The number of aromatic nitrogens is 4. The maximum atomic E-state index is 12.1. The van der Waals surface area contributed by atoms with Gasteiger partial charge in [-0.15, -0.1) is 0 Å². The number of nitrogens with one attached hydrogen (secondary N) is 1. The number of carbonyl (C=O) groups is 1. The van der Waals surface area contributed by atoms with Gasteiger partial charge in [-0.2, -0.15) is 9.50 Å². The molecule has 0 saturated heterocycles. The average molecular weight is 319 g/mol. The van der Waals surface area contributed by atoms with Crippen LogP contribution in [-0.2, 0) is 4.74 Å². The van der Waals surface area contributed by atoms with Crippen molar-refractivity contribution in [3.8, 4) is 11.3 Å². The smallest absolute Gasteiger partial charge is 0.375 e. The van der Waals surface area contributed by atoms with Gasteiger partial charge in [0.15, 0.2) is 0 Å². The van der Waals surface area contributed by atoms with Crippen LogP contribution in [0.25, 0.3) is 17.0 Å². The van der Waals surface area contributed by atoms with Gasteiger partial charge in [-0.05, 0) is 19.1 Å². The summed E-state index contributed by atoms with van der Waals surface area (Å²) in [5.74, 6) is -0.611. The fourth-order valence-electron chi connectivity index (χ4n) is 1.94. The first-order valence-electron chi connectivity index (χ1n) is 6.51. The Morgan fingerprint density at radius 3 is 2.73 bits per heavy atom. The molecule has 0 saturated carbocycles. The lowest BCUT2D eigenvalue weighted by Crippen LogP contribution is -2.15. The maximum Gasteiger partial charge on any atom is 0.375 e. The minimum absolute atomic E-state index is 0.0697. The van der Waals surface area contributed by atoms with Gasteiger partial charge in [-0.3, -0.25) is 9.89 Å². The minimum atomic E-state index is -0.638. The first-order valence-corrected chi connectivity index (χ1v) is 6.89. The lowest BCUT2D eigenvalue weighted by molar-refractivity contribution is 0.0512. The molecule has 0 radical (unpaired) electrons. The first kappa shape index (κ1) is 14.3. The third kappa shape index (κ3) is 2.58. The largest absolute Gasteiger partial charge is 0.460 e. The fourth-order valence-corrected chi connectivity index (χ4v) is 2.07.